The molecule has 5 N–H and O–H groups in total. The molecule has 10 unspecified atom stereocenters. The van der Waals surface area contributed by atoms with Gasteiger partial charge in [-0.3, -0.25) is 4.79 Å². The van der Waals surface area contributed by atoms with Crippen LogP contribution in [0.15, 0.2) is 30.3 Å². The Morgan fingerprint density at radius 1 is 1.11 bits per heavy atom. The SMILES string of the molecule is CC(=O)NC1C(OCC(O)C2OC3OC(C)(C)OC3C2OCc2ccccc2)OC(CO)C(O)C1O. The number of carbonyl (C=O) groups excluding carboxylic acids is 1. The zero-order chi connectivity index (χ0) is 26.0. The van der Waals surface area contributed by atoms with E-state index in [1.807, 2.05) is 30.3 Å². The van der Waals surface area contributed by atoms with Gasteiger partial charge in [0.25, 0.3) is 0 Å². The summed E-state index contributed by atoms with van der Waals surface area (Å²) >= 11 is 0. The molecule has 0 saturated carbocycles. The van der Waals surface area contributed by atoms with E-state index in [1.165, 1.54) is 6.92 Å². The molecule has 12 nitrogen and oxygen atoms in total. The topological polar surface area (TPSA) is 165 Å². The lowest BCUT2D eigenvalue weighted by molar-refractivity contribution is -0.281. The second-order valence-electron chi connectivity index (χ2n) is 9.66. The van der Waals surface area contributed by atoms with E-state index in [0.717, 1.165) is 5.56 Å². The van der Waals surface area contributed by atoms with E-state index in [0.29, 0.717) is 0 Å². The molecule has 0 radical (unpaired) electrons. The molecule has 202 valence electrons. The number of rotatable bonds is 9. The van der Waals surface area contributed by atoms with Crippen molar-refractivity contribution in [1.29, 1.82) is 0 Å². The van der Waals surface area contributed by atoms with Gasteiger partial charge in [0.15, 0.2) is 18.4 Å². The van der Waals surface area contributed by atoms with E-state index in [2.05, 4.69) is 5.32 Å². The molecular formula is C24H35NO11. The standard InChI is InChI=1S/C24H35NO11/c1-12(27)25-16-18(30)17(29)15(9-26)33-22(16)32-11-14(28)19-20(31-10-13-7-5-4-6-8-13)21-23(34-19)36-24(2,3)35-21/h4-8,14-23,26,28-30H,9-11H2,1-3H3,(H,25,27). The molecule has 4 rings (SSSR count). The van der Waals surface area contributed by atoms with Gasteiger partial charge < -0.3 is 54.2 Å². The van der Waals surface area contributed by atoms with E-state index in [1.54, 1.807) is 13.8 Å². The van der Waals surface area contributed by atoms with Gasteiger partial charge in [0, 0.05) is 6.92 Å². The number of aliphatic hydroxyl groups is 4. The summed E-state index contributed by atoms with van der Waals surface area (Å²) in [4.78, 5) is 11.6. The highest BCUT2D eigenvalue weighted by atomic mass is 16.8. The Bertz CT molecular complexity index is 871. The Kier molecular flexibility index (Phi) is 8.62. The lowest BCUT2D eigenvalue weighted by Gasteiger charge is -2.42. The summed E-state index contributed by atoms with van der Waals surface area (Å²) in [5, 5.41) is 43.6. The Labute approximate surface area is 209 Å². The predicted octanol–water partition coefficient (Wildman–Crippen LogP) is -1.23. The number of nitrogens with one attached hydrogen (secondary N) is 1. The molecule has 36 heavy (non-hydrogen) atoms. The Hall–Kier alpha value is -1.71. The van der Waals surface area contributed by atoms with Crippen molar-refractivity contribution in [3.8, 4) is 0 Å². The minimum Gasteiger partial charge on any atom is -0.394 e. The molecule has 3 saturated heterocycles. The first-order valence-corrected chi connectivity index (χ1v) is 12.0. The van der Waals surface area contributed by atoms with E-state index in [-0.39, 0.29) is 13.2 Å². The summed E-state index contributed by atoms with van der Waals surface area (Å²) in [5.41, 5.74) is 0.931. The van der Waals surface area contributed by atoms with Crippen LogP contribution in [-0.4, -0.2) is 107 Å². The molecule has 0 spiro atoms. The predicted molar refractivity (Wildman–Crippen MR) is 121 cm³/mol. The van der Waals surface area contributed by atoms with Crippen LogP contribution in [0.1, 0.15) is 26.3 Å². The minimum atomic E-state index is -1.46. The van der Waals surface area contributed by atoms with Crippen LogP contribution in [0.2, 0.25) is 0 Å². The Morgan fingerprint density at radius 3 is 2.50 bits per heavy atom. The molecule has 3 heterocycles. The number of amides is 1. The van der Waals surface area contributed by atoms with Crippen molar-refractivity contribution >= 4 is 5.91 Å². The lowest BCUT2D eigenvalue weighted by Crippen LogP contribution is -2.64. The fourth-order valence-corrected chi connectivity index (χ4v) is 4.67. The minimum absolute atomic E-state index is 0.255. The lowest BCUT2D eigenvalue weighted by atomic mass is 9.97. The number of hydrogen-bond donors (Lipinski definition) is 5. The smallest absolute Gasteiger partial charge is 0.217 e. The summed E-state index contributed by atoms with van der Waals surface area (Å²) in [5.74, 6) is -1.36. The van der Waals surface area contributed by atoms with Crippen molar-refractivity contribution < 1.29 is 53.6 Å². The van der Waals surface area contributed by atoms with E-state index < -0.39 is 79.7 Å². The van der Waals surface area contributed by atoms with Gasteiger partial charge in [0.05, 0.1) is 19.8 Å². The third-order valence-electron chi connectivity index (χ3n) is 6.37. The van der Waals surface area contributed by atoms with Gasteiger partial charge >= 0.3 is 0 Å². The van der Waals surface area contributed by atoms with Crippen LogP contribution >= 0.6 is 0 Å². The Balaban J connectivity index is 1.43. The summed E-state index contributed by atoms with van der Waals surface area (Å²) < 4.78 is 35.1. The fraction of sp³-hybridized carbons (Fsp3) is 0.708. The maximum Gasteiger partial charge on any atom is 0.217 e. The van der Waals surface area contributed by atoms with Crippen LogP contribution in [0, 0.1) is 0 Å². The molecule has 3 aliphatic heterocycles. The van der Waals surface area contributed by atoms with Crippen molar-refractivity contribution in [2.24, 2.45) is 0 Å². The quantitative estimate of drug-likeness (QED) is 0.268. The molecule has 1 aromatic carbocycles. The second-order valence-corrected chi connectivity index (χ2v) is 9.66. The van der Waals surface area contributed by atoms with Gasteiger partial charge in [-0.15, -0.1) is 0 Å². The molecule has 3 fully saturated rings. The summed E-state index contributed by atoms with van der Waals surface area (Å²) in [7, 11) is 0. The van der Waals surface area contributed by atoms with Crippen molar-refractivity contribution in [1.82, 2.24) is 5.32 Å². The van der Waals surface area contributed by atoms with E-state index in [9.17, 15) is 25.2 Å². The van der Waals surface area contributed by atoms with E-state index >= 15 is 0 Å². The number of carbonyl (C=O) groups is 1. The maximum atomic E-state index is 11.6. The number of aliphatic hydroxyl groups excluding tert-OH is 4. The number of hydrogen-bond acceptors (Lipinski definition) is 11. The molecule has 10 atom stereocenters. The van der Waals surface area contributed by atoms with Gasteiger partial charge in [0.2, 0.25) is 5.91 Å². The third kappa shape index (κ3) is 6.05. The van der Waals surface area contributed by atoms with Crippen LogP contribution in [-0.2, 0) is 39.8 Å². The number of benzene rings is 1. The first-order valence-electron chi connectivity index (χ1n) is 12.0. The average molecular weight is 514 g/mol. The molecule has 1 aromatic rings. The molecular weight excluding hydrogens is 478 g/mol. The molecule has 12 heteroatoms. The van der Waals surface area contributed by atoms with Gasteiger partial charge in [-0.25, -0.2) is 0 Å². The first kappa shape index (κ1) is 27.3. The molecule has 0 bridgehead atoms. The van der Waals surface area contributed by atoms with Crippen LogP contribution in [0.4, 0.5) is 0 Å². The number of fused-ring (bicyclic) bond motifs is 1. The van der Waals surface area contributed by atoms with Gasteiger partial charge in [-0.2, -0.15) is 0 Å². The van der Waals surface area contributed by atoms with E-state index in [4.69, 9.17) is 28.4 Å². The first-order chi connectivity index (χ1) is 17.1. The van der Waals surface area contributed by atoms with Gasteiger partial charge in [-0.05, 0) is 19.4 Å². The van der Waals surface area contributed by atoms with Gasteiger partial charge in [-0.1, -0.05) is 30.3 Å². The van der Waals surface area contributed by atoms with Gasteiger partial charge in [0.1, 0.15) is 48.8 Å². The normalized spacial score (nSPS) is 38.5. The summed E-state index contributed by atoms with van der Waals surface area (Å²) in [6.07, 6.45) is -9.44. The highest BCUT2D eigenvalue weighted by Gasteiger charge is 2.57. The zero-order valence-electron chi connectivity index (χ0n) is 20.4. The molecule has 0 aromatic heterocycles. The van der Waals surface area contributed by atoms with Crippen LogP contribution in [0.5, 0.6) is 0 Å². The van der Waals surface area contributed by atoms with Crippen LogP contribution in [0.3, 0.4) is 0 Å². The Morgan fingerprint density at radius 2 is 1.83 bits per heavy atom. The maximum absolute atomic E-state index is 11.6. The molecule has 1 amide bonds. The monoisotopic (exact) mass is 513 g/mol. The average Bonchev–Trinajstić information content (AvgIpc) is 3.32. The van der Waals surface area contributed by atoms with Crippen molar-refractivity contribution in [3.05, 3.63) is 35.9 Å². The molecule has 3 aliphatic rings. The van der Waals surface area contributed by atoms with Crippen molar-refractivity contribution in [2.75, 3.05) is 13.2 Å². The molecule has 0 aliphatic carbocycles. The van der Waals surface area contributed by atoms with Crippen LogP contribution in [0.25, 0.3) is 0 Å². The third-order valence-corrected chi connectivity index (χ3v) is 6.37. The highest BCUT2D eigenvalue weighted by Crippen LogP contribution is 2.40. The van der Waals surface area contributed by atoms with Crippen molar-refractivity contribution in [3.63, 3.8) is 0 Å². The summed E-state index contributed by atoms with van der Waals surface area (Å²) in [6.45, 7) is 4.10. The largest absolute Gasteiger partial charge is 0.394 e. The fourth-order valence-electron chi connectivity index (χ4n) is 4.67. The van der Waals surface area contributed by atoms with Crippen LogP contribution < -0.4 is 5.32 Å². The second kappa shape index (κ2) is 11.4. The zero-order valence-corrected chi connectivity index (χ0v) is 20.4. The summed E-state index contributed by atoms with van der Waals surface area (Å²) in [6, 6.07) is 8.39. The highest BCUT2D eigenvalue weighted by molar-refractivity contribution is 5.73. The number of ether oxygens (including phenoxy) is 6. The van der Waals surface area contributed by atoms with Crippen molar-refractivity contribution in [2.45, 2.75) is 94.5 Å².